The number of nitrogens with zero attached hydrogens (tertiary/aromatic N) is 1. The van der Waals surface area contributed by atoms with E-state index in [1.54, 1.807) is 19.1 Å². The Morgan fingerprint density at radius 2 is 1.69 bits per heavy atom. The largest absolute Gasteiger partial charge is 0.392 e. The predicted molar refractivity (Wildman–Crippen MR) is 103 cm³/mol. The maximum atomic E-state index is 11.1. The van der Waals surface area contributed by atoms with Crippen LogP contribution in [0.3, 0.4) is 0 Å². The van der Waals surface area contributed by atoms with Crippen molar-refractivity contribution in [1.29, 1.82) is 0 Å². The summed E-state index contributed by atoms with van der Waals surface area (Å²) < 4.78 is 0. The molecule has 0 radical (unpaired) electrons. The molecule has 0 fully saturated rings. The van der Waals surface area contributed by atoms with Gasteiger partial charge in [0.2, 0.25) is 5.91 Å². The monoisotopic (exact) mass is 356 g/mol. The van der Waals surface area contributed by atoms with E-state index in [-0.39, 0.29) is 0 Å². The lowest BCUT2D eigenvalue weighted by atomic mass is 10.1. The van der Waals surface area contributed by atoms with Crippen LogP contribution >= 0.6 is 0 Å². The van der Waals surface area contributed by atoms with Crippen LogP contribution in [0.5, 0.6) is 0 Å². The number of carbonyl (C=O) groups is 1. The van der Waals surface area contributed by atoms with Crippen molar-refractivity contribution in [2.45, 2.75) is 32.0 Å². The van der Waals surface area contributed by atoms with E-state index >= 15 is 0 Å². The molecular weight excluding hydrogens is 328 g/mol. The molecule has 0 aliphatic heterocycles. The van der Waals surface area contributed by atoms with Crippen LogP contribution in [-0.4, -0.2) is 46.8 Å². The van der Waals surface area contributed by atoms with Crippen molar-refractivity contribution in [2.75, 3.05) is 19.6 Å². The van der Waals surface area contributed by atoms with E-state index in [1.807, 2.05) is 42.5 Å². The quantitative estimate of drug-likeness (QED) is 0.609. The number of rotatable bonds is 10. The van der Waals surface area contributed by atoms with Crippen LogP contribution in [0.4, 0.5) is 0 Å². The average Bonchev–Trinajstić information content (AvgIpc) is 2.62. The smallest absolute Gasteiger partial charge is 0.248 e. The van der Waals surface area contributed by atoms with Gasteiger partial charge < -0.3 is 15.9 Å². The summed E-state index contributed by atoms with van der Waals surface area (Å²) >= 11 is 0. The van der Waals surface area contributed by atoms with E-state index in [9.17, 15) is 15.0 Å². The molecule has 140 valence electrons. The number of aliphatic hydroxyl groups excluding tert-OH is 2. The van der Waals surface area contributed by atoms with Gasteiger partial charge in [-0.2, -0.15) is 0 Å². The lowest BCUT2D eigenvalue weighted by Gasteiger charge is -2.26. The first kappa shape index (κ1) is 20.1. The molecule has 4 N–H and O–H groups in total. The minimum atomic E-state index is -0.579. The van der Waals surface area contributed by atoms with Gasteiger partial charge in [0.25, 0.3) is 0 Å². The third kappa shape index (κ3) is 6.59. The number of aryl methyl sites for hydroxylation is 1. The summed E-state index contributed by atoms with van der Waals surface area (Å²) in [6, 6.07) is 16.9. The van der Waals surface area contributed by atoms with Gasteiger partial charge in [0.1, 0.15) is 0 Å². The summed E-state index contributed by atoms with van der Waals surface area (Å²) in [5, 5.41) is 20.2. The number of carbonyl (C=O) groups excluding carboxylic acids is 1. The van der Waals surface area contributed by atoms with Crippen molar-refractivity contribution in [3.8, 4) is 0 Å². The van der Waals surface area contributed by atoms with Gasteiger partial charge in [-0.05, 0) is 49.6 Å². The maximum absolute atomic E-state index is 11.1. The first-order valence-electron chi connectivity index (χ1n) is 8.98. The Kier molecular flexibility index (Phi) is 7.78. The van der Waals surface area contributed by atoms with Crippen molar-refractivity contribution in [1.82, 2.24) is 4.90 Å². The zero-order valence-corrected chi connectivity index (χ0v) is 15.2. The van der Waals surface area contributed by atoms with Crippen molar-refractivity contribution >= 4 is 5.91 Å². The molecular formula is C21H28N2O3. The van der Waals surface area contributed by atoms with Gasteiger partial charge in [-0.15, -0.1) is 0 Å². The van der Waals surface area contributed by atoms with Crippen molar-refractivity contribution in [3.63, 3.8) is 0 Å². The standard InChI is InChI=1S/C21H28N2O3/c1-16(24)14-23(15-20(25)18-7-3-2-4-8-18)13-5-6-17-9-11-19(12-10-17)21(22)26/h2-4,7-12,16,20,24-25H,5-6,13-15H2,1H3,(H2,22,26)/t16-,20-/m1/s1. The minimum absolute atomic E-state index is 0.422. The lowest BCUT2D eigenvalue weighted by molar-refractivity contribution is 0.0752. The Hall–Kier alpha value is -2.21. The van der Waals surface area contributed by atoms with Crippen molar-refractivity contribution in [2.24, 2.45) is 5.73 Å². The van der Waals surface area contributed by atoms with Crippen LogP contribution in [0.15, 0.2) is 54.6 Å². The molecule has 1 amide bonds. The van der Waals surface area contributed by atoms with Gasteiger partial charge in [0.15, 0.2) is 0 Å². The number of benzene rings is 2. The van der Waals surface area contributed by atoms with Crippen LogP contribution in [0.2, 0.25) is 0 Å². The van der Waals surface area contributed by atoms with E-state index in [0.29, 0.717) is 18.7 Å². The van der Waals surface area contributed by atoms with E-state index in [1.165, 1.54) is 0 Å². The number of primary amides is 1. The molecule has 5 nitrogen and oxygen atoms in total. The second-order valence-electron chi connectivity index (χ2n) is 6.70. The Labute approximate surface area is 155 Å². The SMILES string of the molecule is C[C@@H](O)CN(CCCc1ccc(C(N)=O)cc1)C[C@@H](O)c1ccccc1. The van der Waals surface area contributed by atoms with Gasteiger partial charge in [-0.25, -0.2) is 0 Å². The normalized spacial score (nSPS) is 13.5. The first-order chi connectivity index (χ1) is 12.5. The summed E-state index contributed by atoms with van der Waals surface area (Å²) in [6.45, 7) is 3.52. The summed E-state index contributed by atoms with van der Waals surface area (Å²) in [5.74, 6) is -0.422. The predicted octanol–water partition coefficient (Wildman–Crippen LogP) is 2.13. The molecule has 0 saturated heterocycles. The third-order valence-corrected chi connectivity index (χ3v) is 4.32. The molecule has 2 aromatic carbocycles. The number of amides is 1. The fourth-order valence-electron chi connectivity index (χ4n) is 3.00. The Morgan fingerprint density at radius 3 is 2.27 bits per heavy atom. The summed E-state index contributed by atoms with van der Waals surface area (Å²) in [5.41, 5.74) is 7.78. The van der Waals surface area contributed by atoms with Crippen molar-refractivity contribution < 1.29 is 15.0 Å². The number of aliphatic hydroxyl groups is 2. The van der Waals surface area contributed by atoms with Crippen LogP contribution in [0.1, 0.15) is 40.9 Å². The molecule has 26 heavy (non-hydrogen) atoms. The molecule has 0 unspecified atom stereocenters. The fraction of sp³-hybridized carbons (Fsp3) is 0.381. The van der Waals surface area contributed by atoms with Crippen LogP contribution in [0.25, 0.3) is 0 Å². The maximum Gasteiger partial charge on any atom is 0.248 e. The lowest BCUT2D eigenvalue weighted by Crippen LogP contribution is -2.35. The van der Waals surface area contributed by atoms with E-state index < -0.39 is 18.1 Å². The van der Waals surface area contributed by atoms with Crippen LogP contribution < -0.4 is 5.73 Å². The number of hydrogen-bond donors (Lipinski definition) is 3. The van der Waals surface area contributed by atoms with Crippen molar-refractivity contribution in [3.05, 3.63) is 71.3 Å². The molecule has 0 aliphatic carbocycles. The zero-order valence-electron chi connectivity index (χ0n) is 15.2. The molecule has 0 bridgehead atoms. The van der Waals surface area contributed by atoms with Gasteiger partial charge in [-0.1, -0.05) is 42.5 Å². The van der Waals surface area contributed by atoms with E-state index in [0.717, 1.165) is 30.5 Å². The van der Waals surface area contributed by atoms with Gasteiger partial charge >= 0.3 is 0 Å². The summed E-state index contributed by atoms with van der Waals surface area (Å²) in [7, 11) is 0. The molecule has 0 saturated carbocycles. The molecule has 5 heteroatoms. The average molecular weight is 356 g/mol. The highest BCUT2D eigenvalue weighted by atomic mass is 16.3. The van der Waals surface area contributed by atoms with Gasteiger partial charge in [0, 0.05) is 18.7 Å². The first-order valence-corrected chi connectivity index (χ1v) is 8.98. The third-order valence-electron chi connectivity index (χ3n) is 4.32. The molecule has 0 heterocycles. The summed E-state index contributed by atoms with van der Waals surface area (Å²) in [4.78, 5) is 13.2. The highest BCUT2D eigenvalue weighted by Gasteiger charge is 2.15. The Morgan fingerprint density at radius 1 is 1.04 bits per heavy atom. The molecule has 2 rings (SSSR count). The second kappa shape index (κ2) is 10.1. The minimum Gasteiger partial charge on any atom is -0.392 e. The highest BCUT2D eigenvalue weighted by Crippen LogP contribution is 2.15. The number of hydrogen-bond acceptors (Lipinski definition) is 4. The Balaban J connectivity index is 1.88. The van der Waals surface area contributed by atoms with Crippen LogP contribution in [-0.2, 0) is 6.42 Å². The van der Waals surface area contributed by atoms with E-state index in [4.69, 9.17) is 5.73 Å². The summed E-state index contributed by atoms with van der Waals surface area (Å²) in [6.07, 6.45) is 0.721. The molecule has 0 aliphatic rings. The topological polar surface area (TPSA) is 86.8 Å². The van der Waals surface area contributed by atoms with Gasteiger partial charge in [0.05, 0.1) is 12.2 Å². The molecule has 2 atom stereocenters. The second-order valence-corrected chi connectivity index (χ2v) is 6.70. The van der Waals surface area contributed by atoms with Crippen LogP contribution in [0, 0.1) is 0 Å². The molecule has 2 aromatic rings. The Bertz CT molecular complexity index is 671. The van der Waals surface area contributed by atoms with Gasteiger partial charge in [-0.3, -0.25) is 9.69 Å². The highest BCUT2D eigenvalue weighted by molar-refractivity contribution is 5.92. The molecule has 0 aromatic heterocycles. The van der Waals surface area contributed by atoms with E-state index in [2.05, 4.69) is 4.90 Å². The fourth-order valence-corrected chi connectivity index (χ4v) is 3.00. The molecule has 0 spiro atoms. The zero-order chi connectivity index (χ0) is 18.9. The number of nitrogens with two attached hydrogens (primary N) is 1.